The van der Waals surface area contributed by atoms with Crippen molar-refractivity contribution in [2.75, 3.05) is 24.7 Å². The van der Waals surface area contributed by atoms with Crippen LogP contribution >= 0.6 is 0 Å². The number of halogens is 3. The first-order valence-corrected chi connectivity index (χ1v) is 10.5. The highest BCUT2D eigenvalue weighted by molar-refractivity contribution is 7.90. The monoisotopic (exact) mass is 444 g/mol. The lowest BCUT2D eigenvalue weighted by atomic mass is 10.1. The van der Waals surface area contributed by atoms with E-state index in [-0.39, 0.29) is 16.1 Å². The summed E-state index contributed by atoms with van der Waals surface area (Å²) < 4.78 is 67.0. The molecule has 0 radical (unpaired) electrons. The number of ether oxygens (including phenoxy) is 1. The quantitative estimate of drug-likeness (QED) is 0.607. The number of hydrogen-bond donors (Lipinski definition) is 2. The Kier molecular flexibility index (Phi) is 7.57. The van der Waals surface area contributed by atoms with Crippen LogP contribution in [0.1, 0.15) is 11.6 Å². The predicted molar refractivity (Wildman–Crippen MR) is 102 cm³/mol. The topological polar surface area (TPSA) is 102 Å². The number of esters is 1. The zero-order valence-corrected chi connectivity index (χ0v) is 16.6. The molecule has 2 rings (SSSR count). The summed E-state index contributed by atoms with van der Waals surface area (Å²) in [5, 5.41) is 4.46. The van der Waals surface area contributed by atoms with Crippen LogP contribution in [0.15, 0.2) is 59.5 Å². The highest BCUT2D eigenvalue weighted by Crippen LogP contribution is 2.32. The van der Waals surface area contributed by atoms with E-state index in [1.807, 2.05) is 0 Å². The summed E-state index contributed by atoms with van der Waals surface area (Å²) in [6.07, 6.45) is -3.59. The van der Waals surface area contributed by atoms with Crippen LogP contribution in [-0.4, -0.2) is 45.9 Å². The number of carbonyl (C=O) groups excluding carboxylic acids is 2. The molecule has 0 saturated heterocycles. The standard InChI is InChI=1S/C19H19F3N2O5S/c1-30(27,28)15-9-7-14(8-10-15)24-16(25)12-29-17(26)11-23-18(19(20,21)22)13-5-3-2-4-6-13/h2-10,18,23H,11-12H2,1H3,(H,24,25). The summed E-state index contributed by atoms with van der Waals surface area (Å²) >= 11 is 0. The van der Waals surface area contributed by atoms with E-state index in [1.165, 1.54) is 48.5 Å². The molecule has 2 aromatic rings. The number of sulfone groups is 1. The Morgan fingerprint density at radius 3 is 2.17 bits per heavy atom. The van der Waals surface area contributed by atoms with E-state index in [4.69, 9.17) is 0 Å². The molecule has 0 aliphatic carbocycles. The lowest BCUT2D eigenvalue weighted by molar-refractivity contribution is -0.161. The maximum atomic E-state index is 13.2. The largest absolute Gasteiger partial charge is 0.455 e. The minimum atomic E-state index is -4.63. The fraction of sp³-hybridized carbons (Fsp3) is 0.263. The molecule has 1 amide bonds. The van der Waals surface area contributed by atoms with Crippen molar-refractivity contribution in [1.82, 2.24) is 5.32 Å². The maximum absolute atomic E-state index is 13.2. The Morgan fingerprint density at radius 1 is 1.03 bits per heavy atom. The van der Waals surface area contributed by atoms with Gasteiger partial charge in [-0.05, 0) is 29.8 Å². The number of carbonyl (C=O) groups is 2. The van der Waals surface area contributed by atoms with Crippen molar-refractivity contribution < 1.29 is 35.9 Å². The fourth-order valence-corrected chi connectivity index (χ4v) is 3.06. The van der Waals surface area contributed by atoms with Crippen LogP contribution in [0.5, 0.6) is 0 Å². The van der Waals surface area contributed by atoms with Crippen molar-refractivity contribution in [3.8, 4) is 0 Å². The van der Waals surface area contributed by atoms with Gasteiger partial charge in [-0.25, -0.2) is 8.42 Å². The molecule has 11 heteroatoms. The second-order valence-corrected chi connectivity index (χ2v) is 8.29. The SMILES string of the molecule is CS(=O)(=O)c1ccc(NC(=O)COC(=O)CNC(c2ccccc2)C(F)(F)F)cc1. The predicted octanol–water partition coefficient (Wildman–Crippen LogP) is 2.47. The van der Waals surface area contributed by atoms with Gasteiger partial charge in [0, 0.05) is 11.9 Å². The first-order valence-electron chi connectivity index (χ1n) is 8.57. The zero-order valence-electron chi connectivity index (χ0n) is 15.8. The second kappa shape index (κ2) is 9.72. The van der Waals surface area contributed by atoms with Gasteiger partial charge in [0.05, 0.1) is 11.4 Å². The van der Waals surface area contributed by atoms with Crippen LogP contribution in [0.3, 0.4) is 0 Å². The summed E-state index contributed by atoms with van der Waals surface area (Å²) in [5.74, 6) is -1.77. The molecule has 0 spiro atoms. The van der Waals surface area contributed by atoms with Crippen molar-refractivity contribution in [2.45, 2.75) is 17.1 Å². The van der Waals surface area contributed by atoms with Gasteiger partial charge < -0.3 is 10.1 Å². The van der Waals surface area contributed by atoms with E-state index in [0.717, 1.165) is 6.26 Å². The van der Waals surface area contributed by atoms with Gasteiger partial charge in [-0.3, -0.25) is 14.9 Å². The van der Waals surface area contributed by atoms with Crippen LogP contribution in [0.25, 0.3) is 0 Å². The lowest BCUT2D eigenvalue weighted by Gasteiger charge is -2.21. The van der Waals surface area contributed by atoms with Gasteiger partial charge in [-0.15, -0.1) is 0 Å². The number of amides is 1. The average Bonchev–Trinajstić information content (AvgIpc) is 2.66. The van der Waals surface area contributed by atoms with E-state index >= 15 is 0 Å². The van der Waals surface area contributed by atoms with Crippen LogP contribution < -0.4 is 10.6 Å². The summed E-state index contributed by atoms with van der Waals surface area (Å²) in [6, 6.07) is 10.2. The van der Waals surface area contributed by atoms with Crippen LogP contribution in [-0.2, 0) is 24.2 Å². The molecule has 0 aromatic heterocycles. The molecule has 162 valence electrons. The molecule has 0 fully saturated rings. The third kappa shape index (κ3) is 7.16. The van der Waals surface area contributed by atoms with Gasteiger partial charge in [0.15, 0.2) is 16.4 Å². The van der Waals surface area contributed by atoms with E-state index in [0.29, 0.717) is 0 Å². The molecule has 1 unspecified atom stereocenters. The van der Waals surface area contributed by atoms with Crippen molar-refractivity contribution in [1.29, 1.82) is 0 Å². The number of nitrogens with one attached hydrogen (secondary N) is 2. The summed E-state index contributed by atoms with van der Waals surface area (Å²) in [6.45, 7) is -1.47. The van der Waals surface area contributed by atoms with Gasteiger partial charge in [0.2, 0.25) is 0 Å². The molecule has 0 aliphatic rings. The van der Waals surface area contributed by atoms with E-state index in [1.54, 1.807) is 6.07 Å². The third-order valence-corrected chi connectivity index (χ3v) is 4.97. The summed E-state index contributed by atoms with van der Waals surface area (Å²) in [7, 11) is -3.38. The number of anilines is 1. The number of rotatable bonds is 8. The third-order valence-electron chi connectivity index (χ3n) is 3.84. The van der Waals surface area contributed by atoms with Gasteiger partial charge in [0.1, 0.15) is 6.04 Å². The Labute approximate surface area is 171 Å². The fourth-order valence-electron chi connectivity index (χ4n) is 2.43. The molecule has 0 saturated carbocycles. The van der Waals surface area contributed by atoms with Gasteiger partial charge in [-0.1, -0.05) is 30.3 Å². The van der Waals surface area contributed by atoms with Crippen LogP contribution in [0, 0.1) is 0 Å². The molecular weight excluding hydrogens is 425 g/mol. The summed E-state index contributed by atoms with van der Waals surface area (Å²) in [4.78, 5) is 23.6. The van der Waals surface area contributed by atoms with E-state index < -0.39 is 47.1 Å². The molecule has 2 aromatic carbocycles. The second-order valence-electron chi connectivity index (χ2n) is 6.27. The van der Waals surface area contributed by atoms with Crippen molar-refractivity contribution in [3.63, 3.8) is 0 Å². The summed E-state index contributed by atoms with van der Waals surface area (Å²) in [5.41, 5.74) is 0.205. The zero-order chi connectivity index (χ0) is 22.4. The van der Waals surface area contributed by atoms with Crippen molar-refractivity contribution >= 4 is 27.4 Å². The normalized spacial score (nSPS) is 12.8. The number of alkyl halides is 3. The van der Waals surface area contributed by atoms with E-state index in [2.05, 4.69) is 15.4 Å². The first-order chi connectivity index (χ1) is 14.0. The van der Waals surface area contributed by atoms with Crippen LogP contribution in [0.4, 0.5) is 18.9 Å². The maximum Gasteiger partial charge on any atom is 0.407 e. The Bertz CT molecular complexity index is 977. The first kappa shape index (κ1) is 23.4. The highest BCUT2D eigenvalue weighted by Gasteiger charge is 2.40. The number of hydrogen-bond acceptors (Lipinski definition) is 6. The Morgan fingerprint density at radius 2 is 1.63 bits per heavy atom. The van der Waals surface area contributed by atoms with Crippen molar-refractivity contribution in [3.05, 3.63) is 60.2 Å². The van der Waals surface area contributed by atoms with Gasteiger partial charge in [0.25, 0.3) is 5.91 Å². The molecule has 1 atom stereocenters. The Balaban J connectivity index is 1.84. The minimum Gasteiger partial charge on any atom is -0.455 e. The van der Waals surface area contributed by atoms with Crippen molar-refractivity contribution in [2.24, 2.45) is 0 Å². The molecule has 2 N–H and O–H groups in total. The van der Waals surface area contributed by atoms with E-state index in [9.17, 15) is 31.2 Å². The average molecular weight is 444 g/mol. The number of benzene rings is 2. The minimum absolute atomic E-state index is 0.0620. The van der Waals surface area contributed by atoms with Gasteiger partial charge >= 0.3 is 12.1 Å². The van der Waals surface area contributed by atoms with Gasteiger partial charge in [-0.2, -0.15) is 13.2 Å². The molecule has 0 bridgehead atoms. The Hall–Kier alpha value is -2.92. The lowest BCUT2D eigenvalue weighted by Crippen LogP contribution is -2.38. The molecule has 0 aliphatic heterocycles. The molecular formula is C19H19F3N2O5S. The molecule has 30 heavy (non-hydrogen) atoms. The smallest absolute Gasteiger partial charge is 0.407 e. The van der Waals surface area contributed by atoms with Crippen LogP contribution in [0.2, 0.25) is 0 Å². The molecule has 7 nitrogen and oxygen atoms in total. The highest BCUT2D eigenvalue weighted by atomic mass is 32.2. The molecule has 0 heterocycles.